The second-order valence-corrected chi connectivity index (χ2v) is 5.87. The summed E-state index contributed by atoms with van der Waals surface area (Å²) < 4.78 is 10.6. The summed E-state index contributed by atoms with van der Waals surface area (Å²) in [5, 5.41) is 4.07. The molecule has 0 bridgehead atoms. The monoisotopic (exact) mass is 303 g/mol. The molecule has 0 radical (unpaired) electrons. The summed E-state index contributed by atoms with van der Waals surface area (Å²) in [7, 11) is 0. The SMILES string of the molecule is CC[C@H](C)c1noc([C@@H]2CCCN(C(=O)c3ccco3)C2)n1. The Balaban J connectivity index is 1.70. The molecule has 22 heavy (non-hydrogen) atoms. The Labute approximate surface area is 129 Å². The number of amides is 1. The van der Waals surface area contributed by atoms with Crippen molar-refractivity contribution in [2.45, 2.75) is 44.9 Å². The lowest BCUT2D eigenvalue weighted by atomic mass is 9.97. The van der Waals surface area contributed by atoms with Gasteiger partial charge in [-0.25, -0.2) is 0 Å². The fourth-order valence-corrected chi connectivity index (χ4v) is 2.72. The predicted octanol–water partition coefficient (Wildman–Crippen LogP) is 3.20. The molecule has 1 saturated heterocycles. The van der Waals surface area contributed by atoms with Crippen molar-refractivity contribution in [3.63, 3.8) is 0 Å². The standard InChI is InChI=1S/C16H21N3O3/c1-3-11(2)14-17-15(22-18-14)12-6-4-8-19(10-12)16(20)13-7-5-9-21-13/h5,7,9,11-12H,3-4,6,8,10H2,1-2H3/t11-,12+/m0/s1. The van der Waals surface area contributed by atoms with E-state index in [0.717, 1.165) is 31.6 Å². The molecule has 2 aromatic rings. The number of hydrogen-bond acceptors (Lipinski definition) is 5. The van der Waals surface area contributed by atoms with E-state index in [1.807, 2.05) is 0 Å². The number of carbonyl (C=O) groups excluding carboxylic acids is 1. The van der Waals surface area contributed by atoms with E-state index in [0.29, 0.717) is 24.1 Å². The molecule has 0 aliphatic carbocycles. The molecule has 1 fully saturated rings. The minimum atomic E-state index is -0.0728. The molecular formula is C16H21N3O3. The number of piperidine rings is 1. The second-order valence-electron chi connectivity index (χ2n) is 5.87. The van der Waals surface area contributed by atoms with Gasteiger partial charge in [-0.3, -0.25) is 4.79 Å². The molecule has 0 aromatic carbocycles. The van der Waals surface area contributed by atoms with Gasteiger partial charge in [0.05, 0.1) is 12.2 Å². The van der Waals surface area contributed by atoms with Crippen LogP contribution in [0.5, 0.6) is 0 Å². The molecule has 0 N–H and O–H groups in total. The molecule has 0 saturated carbocycles. The number of aromatic nitrogens is 2. The number of carbonyl (C=O) groups is 1. The molecule has 6 heteroatoms. The minimum Gasteiger partial charge on any atom is -0.459 e. The zero-order valence-corrected chi connectivity index (χ0v) is 13.0. The molecule has 0 unspecified atom stereocenters. The van der Waals surface area contributed by atoms with Crippen molar-refractivity contribution in [1.82, 2.24) is 15.0 Å². The first-order valence-electron chi connectivity index (χ1n) is 7.85. The molecule has 0 spiro atoms. The third-order valence-corrected chi connectivity index (χ3v) is 4.30. The van der Waals surface area contributed by atoms with Gasteiger partial charge in [0.25, 0.3) is 5.91 Å². The van der Waals surface area contributed by atoms with Crippen LogP contribution in [0, 0.1) is 0 Å². The van der Waals surface area contributed by atoms with Crippen molar-refractivity contribution in [3.05, 3.63) is 35.9 Å². The summed E-state index contributed by atoms with van der Waals surface area (Å²) >= 11 is 0. The highest BCUT2D eigenvalue weighted by molar-refractivity contribution is 5.91. The zero-order chi connectivity index (χ0) is 15.5. The summed E-state index contributed by atoms with van der Waals surface area (Å²) in [6.07, 6.45) is 4.39. The molecule has 2 aromatic heterocycles. The Kier molecular flexibility index (Phi) is 4.27. The molecule has 118 valence electrons. The first-order chi connectivity index (χ1) is 10.7. The number of nitrogens with zero attached hydrogens (tertiary/aromatic N) is 3. The Morgan fingerprint density at radius 2 is 2.41 bits per heavy atom. The van der Waals surface area contributed by atoms with Crippen molar-refractivity contribution in [3.8, 4) is 0 Å². The van der Waals surface area contributed by atoms with Crippen LogP contribution in [0.4, 0.5) is 0 Å². The maximum atomic E-state index is 12.4. The highest BCUT2D eigenvalue weighted by atomic mass is 16.5. The van der Waals surface area contributed by atoms with E-state index in [1.54, 1.807) is 17.0 Å². The Bertz CT molecular complexity index is 620. The van der Waals surface area contributed by atoms with Crippen LogP contribution in [0.25, 0.3) is 0 Å². The van der Waals surface area contributed by atoms with Gasteiger partial charge >= 0.3 is 0 Å². The van der Waals surface area contributed by atoms with Crippen LogP contribution in [0.2, 0.25) is 0 Å². The Morgan fingerprint density at radius 3 is 3.14 bits per heavy atom. The van der Waals surface area contributed by atoms with E-state index in [1.165, 1.54) is 6.26 Å². The normalized spacial score (nSPS) is 20.1. The fourth-order valence-electron chi connectivity index (χ4n) is 2.72. The number of rotatable bonds is 4. The molecule has 3 rings (SSSR count). The van der Waals surface area contributed by atoms with Crippen LogP contribution in [0.3, 0.4) is 0 Å². The topological polar surface area (TPSA) is 72.4 Å². The first-order valence-corrected chi connectivity index (χ1v) is 7.85. The summed E-state index contributed by atoms with van der Waals surface area (Å²) in [4.78, 5) is 18.7. The van der Waals surface area contributed by atoms with Crippen LogP contribution in [0.1, 0.15) is 67.2 Å². The third kappa shape index (κ3) is 2.91. The van der Waals surface area contributed by atoms with Gasteiger partial charge in [-0.15, -0.1) is 0 Å². The Morgan fingerprint density at radius 1 is 1.55 bits per heavy atom. The van der Waals surface area contributed by atoms with E-state index >= 15 is 0 Å². The summed E-state index contributed by atoms with van der Waals surface area (Å²) in [6.45, 7) is 5.53. The number of furan rings is 1. The summed E-state index contributed by atoms with van der Waals surface area (Å²) in [5.41, 5.74) is 0. The first kappa shape index (κ1) is 14.8. The number of hydrogen-bond donors (Lipinski definition) is 0. The largest absolute Gasteiger partial charge is 0.459 e. The van der Waals surface area contributed by atoms with Crippen LogP contribution >= 0.6 is 0 Å². The van der Waals surface area contributed by atoms with Crippen LogP contribution in [0.15, 0.2) is 27.3 Å². The molecule has 1 amide bonds. The smallest absolute Gasteiger partial charge is 0.289 e. The lowest BCUT2D eigenvalue weighted by molar-refractivity contribution is 0.0663. The minimum absolute atomic E-state index is 0.0728. The van der Waals surface area contributed by atoms with Crippen molar-refractivity contribution in [2.75, 3.05) is 13.1 Å². The van der Waals surface area contributed by atoms with Crippen molar-refractivity contribution in [2.24, 2.45) is 0 Å². The van der Waals surface area contributed by atoms with Gasteiger partial charge in [0.1, 0.15) is 0 Å². The van der Waals surface area contributed by atoms with E-state index in [-0.39, 0.29) is 11.8 Å². The van der Waals surface area contributed by atoms with E-state index in [4.69, 9.17) is 8.94 Å². The van der Waals surface area contributed by atoms with Crippen LogP contribution in [-0.4, -0.2) is 34.0 Å². The highest BCUT2D eigenvalue weighted by Crippen LogP contribution is 2.28. The zero-order valence-electron chi connectivity index (χ0n) is 13.0. The van der Waals surface area contributed by atoms with Gasteiger partial charge < -0.3 is 13.8 Å². The Hall–Kier alpha value is -2.11. The maximum absolute atomic E-state index is 12.4. The van der Waals surface area contributed by atoms with Gasteiger partial charge in [0.2, 0.25) is 5.89 Å². The second kappa shape index (κ2) is 6.34. The molecule has 3 heterocycles. The quantitative estimate of drug-likeness (QED) is 0.867. The molecule has 6 nitrogen and oxygen atoms in total. The van der Waals surface area contributed by atoms with Crippen LogP contribution < -0.4 is 0 Å². The average Bonchev–Trinajstić information content (AvgIpc) is 3.25. The van der Waals surface area contributed by atoms with Gasteiger partial charge in [-0.2, -0.15) is 4.98 Å². The summed E-state index contributed by atoms with van der Waals surface area (Å²) in [5.74, 6) is 2.11. The van der Waals surface area contributed by atoms with Gasteiger partial charge in [-0.05, 0) is 31.4 Å². The maximum Gasteiger partial charge on any atom is 0.289 e. The lowest BCUT2D eigenvalue weighted by Crippen LogP contribution is -2.39. The van der Waals surface area contributed by atoms with E-state index in [9.17, 15) is 4.79 Å². The molecule has 1 aliphatic heterocycles. The van der Waals surface area contributed by atoms with E-state index in [2.05, 4.69) is 24.0 Å². The third-order valence-electron chi connectivity index (χ3n) is 4.30. The van der Waals surface area contributed by atoms with Crippen molar-refractivity contribution in [1.29, 1.82) is 0 Å². The summed E-state index contributed by atoms with van der Waals surface area (Å²) in [6, 6.07) is 3.42. The van der Waals surface area contributed by atoms with Crippen molar-refractivity contribution >= 4 is 5.91 Å². The predicted molar refractivity (Wildman–Crippen MR) is 79.6 cm³/mol. The number of likely N-dealkylation sites (tertiary alicyclic amines) is 1. The average molecular weight is 303 g/mol. The van der Waals surface area contributed by atoms with Gasteiger partial charge in [0.15, 0.2) is 11.6 Å². The fraction of sp³-hybridized carbons (Fsp3) is 0.562. The van der Waals surface area contributed by atoms with Crippen LogP contribution in [-0.2, 0) is 0 Å². The van der Waals surface area contributed by atoms with Gasteiger partial charge in [0, 0.05) is 19.0 Å². The molecule has 1 aliphatic rings. The lowest BCUT2D eigenvalue weighted by Gasteiger charge is -2.30. The molecular weight excluding hydrogens is 282 g/mol. The highest BCUT2D eigenvalue weighted by Gasteiger charge is 2.30. The van der Waals surface area contributed by atoms with Gasteiger partial charge in [-0.1, -0.05) is 19.0 Å². The molecule has 2 atom stereocenters. The van der Waals surface area contributed by atoms with Crippen molar-refractivity contribution < 1.29 is 13.7 Å². The van der Waals surface area contributed by atoms with E-state index < -0.39 is 0 Å².